The van der Waals surface area contributed by atoms with Gasteiger partial charge < -0.3 is 20.4 Å². The highest BCUT2D eigenvalue weighted by Gasteiger charge is 2.58. The topological polar surface area (TPSA) is 124 Å². The van der Waals surface area contributed by atoms with Gasteiger partial charge in [-0.15, -0.1) is 0 Å². The number of hydrogen-bond donors (Lipinski definition) is 3. The van der Waals surface area contributed by atoms with E-state index < -0.39 is 35.1 Å². The van der Waals surface area contributed by atoms with Crippen LogP contribution < -0.4 is 5.32 Å². The lowest BCUT2D eigenvalue weighted by Gasteiger charge is -2.50. The van der Waals surface area contributed by atoms with Crippen LogP contribution in [0.1, 0.15) is 0 Å². The molecular weight excluding hydrogens is 232 g/mol. The van der Waals surface area contributed by atoms with E-state index in [2.05, 4.69) is 5.32 Å². The minimum absolute atomic E-state index is 0.00176. The number of piperidine rings is 1. The van der Waals surface area contributed by atoms with E-state index in [4.69, 9.17) is 10.2 Å². The van der Waals surface area contributed by atoms with Gasteiger partial charge in [0.1, 0.15) is 0 Å². The number of ketones is 1. The lowest BCUT2D eigenvalue weighted by molar-refractivity contribution is -0.162. The predicted octanol–water partition coefficient (Wildman–Crippen LogP) is -1.63. The molecule has 2 heterocycles. The molecule has 0 bridgehead atoms. The first-order chi connectivity index (χ1) is 7.87. The van der Waals surface area contributed by atoms with Crippen LogP contribution in [-0.2, 0) is 14.4 Å². The fourth-order valence-electron chi connectivity index (χ4n) is 2.18. The Hall–Kier alpha value is -2.12. The maximum absolute atomic E-state index is 11.9. The third-order valence-electron chi connectivity index (χ3n) is 3.15. The van der Waals surface area contributed by atoms with Gasteiger partial charge in [0.15, 0.2) is 11.7 Å². The van der Waals surface area contributed by atoms with E-state index in [-0.39, 0.29) is 19.6 Å². The second-order valence-electron chi connectivity index (χ2n) is 4.27. The van der Waals surface area contributed by atoms with E-state index in [9.17, 15) is 19.2 Å². The van der Waals surface area contributed by atoms with Gasteiger partial charge in [-0.1, -0.05) is 0 Å². The molecule has 8 heteroatoms. The fraction of sp³-hybridized carbons (Fsp3) is 0.556. The monoisotopic (exact) mass is 242 g/mol. The number of rotatable bonds is 1. The molecule has 1 atom stereocenters. The Morgan fingerprint density at radius 3 is 2.35 bits per heavy atom. The predicted molar refractivity (Wildman–Crippen MR) is 51.2 cm³/mol. The summed E-state index contributed by atoms with van der Waals surface area (Å²) in [5.41, 5.74) is -1.06. The molecule has 3 N–H and O–H groups in total. The van der Waals surface area contributed by atoms with Gasteiger partial charge >= 0.3 is 12.1 Å². The van der Waals surface area contributed by atoms with Crippen LogP contribution in [0.5, 0.6) is 0 Å². The Balaban J connectivity index is 2.17. The summed E-state index contributed by atoms with van der Waals surface area (Å²) in [5, 5.41) is 19.8. The average molecular weight is 242 g/mol. The van der Waals surface area contributed by atoms with Crippen molar-refractivity contribution < 1.29 is 29.4 Å². The number of carboxylic acid groups (broad SMARTS) is 2. The highest BCUT2D eigenvalue weighted by Crippen LogP contribution is 2.36. The molecular formula is C9H10N2O6. The molecule has 2 aliphatic rings. The van der Waals surface area contributed by atoms with Crippen LogP contribution in [0.15, 0.2) is 0 Å². The minimum Gasteiger partial charge on any atom is -0.480 e. The van der Waals surface area contributed by atoms with E-state index in [1.807, 2.05) is 0 Å². The summed E-state index contributed by atoms with van der Waals surface area (Å²) in [6.07, 6.45) is -1.16. The van der Waals surface area contributed by atoms with Gasteiger partial charge in [-0.2, -0.15) is 0 Å². The van der Waals surface area contributed by atoms with Crippen molar-refractivity contribution in [3.05, 3.63) is 0 Å². The molecule has 2 amide bonds. The highest BCUT2D eigenvalue weighted by atomic mass is 16.4. The summed E-state index contributed by atoms with van der Waals surface area (Å²) < 4.78 is 0. The van der Waals surface area contributed by atoms with E-state index in [1.54, 1.807) is 0 Å². The van der Waals surface area contributed by atoms with Crippen molar-refractivity contribution in [2.45, 2.75) is 0 Å². The van der Waals surface area contributed by atoms with Gasteiger partial charge in [-0.05, 0) is 0 Å². The van der Waals surface area contributed by atoms with Crippen LogP contribution in [0.3, 0.4) is 0 Å². The molecule has 0 aromatic carbocycles. The van der Waals surface area contributed by atoms with Crippen molar-refractivity contribution >= 4 is 23.8 Å². The van der Waals surface area contributed by atoms with Crippen molar-refractivity contribution in [1.82, 2.24) is 10.2 Å². The molecule has 1 spiro atoms. The zero-order chi connectivity index (χ0) is 12.8. The molecule has 2 saturated heterocycles. The third-order valence-corrected chi connectivity index (χ3v) is 3.15. The Labute approximate surface area is 95.2 Å². The Morgan fingerprint density at radius 2 is 1.88 bits per heavy atom. The number of carboxylic acids is 1. The third kappa shape index (κ3) is 1.52. The summed E-state index contributed by atoms with van der Waals surface area (Å²) in [6.45, 7) is -0.130. The van der Waals surface area contributed by atoms with Crippen LogP contribution in [0.4, 0.5) is 4.79 Å². The van der Waals surface area contributed by atoms with Crippen LogP contribution in [0.25, 0.3) is 0 Å². The molecule has 0 aliphatic carbocycles. The lowest BCUT2D eigenvalue weighted by Crippen LogP contribution is -2.71. The normalized spacial score (nSPS) is 26.4. The standard InChI is InChI=1S/C9H10N2O6/c12-5-4(7(14)15)6(13)10-1-9(5)2-11(3-9)8(16)17/h4H,1-3H2,(H,10,13)(H,14,15)(H,16,17). The van der Waals surface area contributed by atoms with Gasteiger partial charge in [0, 0.05) is 19.6 Å². The van der Waals surface area contributed by atoms with Crippen molar-refractivity contribution in [2.75, 3.05) is 19.6 Å². The Bertz CT molecular complexity index is 425. The molecule has 0 saturated carbocycles. The molecule has 17 heavy (non-hydrogen) atoms. The first kappa shape index (κ1) is 11.4. The minimum atomic E-state index is -1.72. The van der Waals surface area contributed by atoms with Gasteiger partial charge in [0.2, 0.25) is 5.91 Å². The number of aliphatic carboxylic acids is 1. The summed E-state index contributed by atoms with van der Waals surface area (Å²) in [7, 11) is 0. The zero-order valence-electron chi connectivity index (χ0n) is 8.67. The summed E-state index contributed by atoms with van der Waals surface area (Å²) >= 11 is 0. The molecule has 2 aliphatic heterocycles. The molecule has 2 rings (SSSR count). The Kier molecular flexibility index (Phi) is 2.30. The SMILES string of the molecule is O=C(O)C1C(=O)NCC2(CN(C(=O)O)C2)C1=O. The van der Waals surface area contributed by atoms with Crippen LogP contribution in [-0.4, -0.2) is 58.5 Å². The molecule has 1 unspecified atom stereocenters. The van der Waals surface area contributed by atoms with Crippen molar-refractivity contribution in [3.8, 4) is 0 Å². The van der Waals surface area contributed by atoms with Gasteiger partial charge in [0.05, 0.1) is 5.41 Å². The maximum Gasteiger partial charge on any atom is 0.407 e. The maximum atomic E-state index is 11.9. The van der Waals surface area contributed by atoms with Gasteiger partial charge in [-0.25, -0.2) is 4.79 Å². The number of hydrogen-bond acceptors (Lipinski definition) is 4. The van der Waals surface area contributed by atoms with Crippen LogP contribution in [0.2, 0.25) is 0 Å². The van der Waals surface area contributed by atoms with Crippen molar-refractivity contribution in [2.24, 2.45) is 11.3 Å². The highest BCUT2D eigenvalue weighted by molar-refractivity contribution is 6.19. The number of nitrogens with one attached hydrogen (secondary N) is 1. The van der Waals surface area contributed by atoms with E-state index in [0.717, 1.165) is 4.90 Å². The van der Waals surface area contributed by atoms with Gasteiger partial charge in [0.25, 0.3) is 0 Å². The smallest absolute Gasteiger partial charge is 0.407 e. The summed E-state index contributed by atoms with van der Waals surface area (Å²) in [6, 6.07) is 0. The number of likely N-dealkylation sites (tertiary alicyclic amines) is 1. The van der Waals surface area contributed by atoms with E-state index >= 15 is 0 Å². The molecule has 0 radical (unpaired) electrons. The fourth-order valence-corrected chi connectivity index (χ4v) is 2.18. The largest absolute Gasteiger partial charge is 0.480 e. The molecule has 8 nitrogen and oxygen atoms in total. The van der Waals surface area contributed by atoms with E-state index in [0.29, 0.717) is 0 Å². The van der Waals surface area contributed by atoms with Gasteiger partial charge in [-0.3, -0.25) is 14.4 Å². The zero-order valence-corrected chi connectivity index (χ0v) is 8.67. The first-order valence-electron chi connectivity index (χ1n) is 4.90. The second kappa shape index (κ2) is 3.44. The average Bonchev–Trinajstić information content (AvgIpc) is 2.13. The summed E-state index contributed by atoms with van der Waals surface area (Å²) in [4.78, 5) is 45.6. The molecule has 0 aromatic heterocycles. The molecule has 0 aromatic rings. The Morgan fingerprint density at radius 1 is 1.29 bits per heavy atom. The van der Waals surface area contributed by atoms with Crippen molar-refractivity contribution in [3.63, 3.8) is 0 Å². The quantitative estimate of drug-likeness (QED) is 0.474. The number of carbonyl (C=O) groups excluding carboxylic acids is 2. The number of Topliss-reactive ketones (excluding diaryl/α,β-unsaturated/α-hetero) is 1. The van der Waals surface area contributed by atoms with Crippen LogP contribution in [0, 0.1) is 11.3 Å². The first-order valence-corrected chi connectivity index (χ1v) is 4.90. The van der Waals surface area contributed by atoms with Crippen LogP contribution >= 0.6 is 0 Å². The van der Waals surface area contributed by atoms with Crippen molar-refractivity contribution in [1.29, 1.82) is 0 Å². The lowest BCUT2D eigenvalue weighted by atomic mass is 9.69. The number of nitrogens with zero attached hydrogens (tertiary/aromatic N) is 1. The molecule has 2 fully saturated rings. The second-order valence-corrected chi connectivity index (χ2v) is 4.27. The summed E-state index contributed by atoms with van der Waals surface area (Å²) in [5.74, 6) is -4.76. The number of amides is 2. The number of carbonyl (C=O) groups is 4. The molecule has 92 valence electrons. The van der Waals surface area contributed by atoms with E-state index in [1.165, 1.54) is 0 Å².